The maximum atomic E-state index is 12.2. The number of carbonyl (C=O) groups excluding carboxylic acids is 1. The average molecular weight is 376 g/mol. The van der Waals surface area contributed by atoms with Crippen LogP contribution in [-0.4, -0.2) is 28.9 Å². The van der Waals surface area contributed by atoms with E-state index in [1.165, 1.54) is 41.9 Å². The Morgan fingerprint density at radius 3 is 2.77 bits per heavy atom. The highest BCUT2D eigenvalue weighted by atomic mass is 35.5. The Morgan fingerprint density at radius 2 is 2.09 bits per heavy atom. The fourth-order valence-electron chi connectivity index (χ4n) is 2.44. The largest absolute Gasteiger partial charge is 0.298 e. The number of hydrogen-bond acceptors (Lipinski definition) is 5. The summed E-state index contributed by atoms with van der Waals surface area (Å²) in [6.07, 6.45) is 3.83. The minimum atomic E-state index is -0.271. The van der Waals surface area contributed by atoms with Crippen LogP contribution in [0.5, 0.6) is 0 Å². The third-order valence-corrected chi connectivity index (χ3v) is 5.80. The molecule has 0 spiro atoms. The topological polar surface area (TPSA) is 45.2 Å². The molecular formula is C14H15Cl2N3OS2. The number of hydrogen-bond donors (Lipinski definition) is 1. The molecule has 0 aliphatic carbocycles. The molecule has 3 heterocycles. The van der Waals surface area contributed by atoms with Gasteiger partial charge in [-0.05, 0) is 32.0 Å². The van der Waals surface area contributed by atoms with E-state index in [0.717, 1.165) is 25.3 Å². The van der Waals surface area contributed by atoms with E-state index in [0.29, 0.717) is 19.4 Å². The molecule has 0 bridgehead atoms. The van der Waals surface area contributed by atoms with Gasteiger partial charge in [0.25, 0.3) is 5.91 Å². The highest BCUT2D eigenvalue weighted by molar-refractivity contribution is 7.20. The average Bonchev–Trinajstić information content (AvgIpc) is 3.06. The van der Waals surface area contributed by atoms with Crippen molar-refractivity contribution < 1.29 is 4.79 Å². The summed E-state index contributed by atoms with van der Waals surface area (Å²) in [6.45, 7) is 3.10. The van der Waals surface area contributed by atoms with E-state index in [4.69, 9.17) is 23.2 Å². The smallest absolute Gasteiger partial charge is 0.259 e. The molecule has 2 aromatic rings. The number of anilines is 1. The Hall–Kier alpha value is -0.660. The van der Waals surface area contributed by atoms with Crippen molar-refractivity contribution in [2.75, 3.05) is 18.4 Å². The van der Waals surface area contributed by atoms with Gasteiger partial charge in [-0.15, -0.1) is 22.7 Å². The molecule has 4 nitrogen and oxygen atoms in total. The van der Waals surface area contributed by atoms with Crippen molar-refractivity contribution in [3.63, 3.8) is 0 Å². The minimum Gasteiger partial charge on any atom is -0.298 e. The van der Waals surface area contributed by atoms with Crippen LogP contribution < -0.4 is 5.32 Å². The Morgan fingerprint density at radius 1 is 1.32 bits per heavy atom. The molecule has 1 fully saturated rings. The molecule has 8 heteroatoms. The number of piperidine rings is 1. The molecule has 1 N–H and O–H groups in total. The number of halogens is 2. The second-order valence-electron chi connectivity index (χ2n) is 5.17. The van der Waals surface area contributed by atoms with Gasteiger partial charge in [0.15, 0.2) is 5.13 Å². The minimum absolute atomic E-state index is 0.271. The van der Waals surface area contributed by atoms with E-state index in [1.807, 2.05) is 5.38 Å². The zero-order valence-electron chi connectivity index (χ0n) is 11.8. The molecule has 1 saturated heterocycles. The Kier molecular flexibility index (Phi) is 5.36. The fraction of sp³-hybridized carbons (Fsp3) is 0.429. The van der Waals surface area contributed by atoms with Crippen LogP contribution in [0.25, 0.3) is 0 Å². The fourth-order valence-corrected chi connectivity index (χ4v) is 4.60. The lowest BCUT2D eigenvalue weighted by molar-refractivity contribution is 0.102. The zero-order chi connectivity index (χ0) is 15.5. The monoisotopic (exact) mass is 375 g/mol. The highest BCUT2D eigenvalue weighted by Crippen LogP contribution is 2.31. The van der Waals surface area contributed by atoms with Crippen molar-refractivity contribution in [2.24, 2.45) is 0 Å². The van der Waals surface area contributed by atoms with Crippen LogP contribution in [0.2, 0.25) is 8.67 Å². The van der Waals surface area contributed by atoms with Crippen LogP contribution in [0, 0.1) is 0 Å². The molecule has 0 saturated carbocycles. The number of nitrogens with zero attached hydrogens (tertiary/aromatic N) is 2. The SMILES string of the molecule is O=C(Nc1nc(CN2CCCCC2)cs1)c1cc(Cl)sc1Cl. The normalized spacial score (nSPS) is 15.9. The van der Waals surface area contributed by atoms with Crippen molar-refractivity contribution in [1.82, 2.24) is 9.88 Å². The molecule has 1 aliphatic rings. The first-order valence-corrected chi connectivity index (χ1v) is 9.50. The second-order valence-corrected chi connectivity index (χ2v) is 8.32. The second kappa shape index (κ2) is 7.27. The number of aromatic nitrogens is 1. The van der Waals surface area contributed by atoms with Gasteiger partial charge in [-0.2, -0.15) is 0 Å². The van der Waals surface area contributed by atoms with E-state index in [1.54, 1.807) is 6.07 Å². The Balaban J connectivity index is 1.61. The van der Waals surface area contributed by atoms with Crippen molar-refractivity contribution in [3.8, 4) is 0 Å². The number of likely N-dealkylation sites (tertiary alicyclic amines) is 1. The van der Waals surface area contributed by atoms with Gasteiger partial charge in [0, 0.05) is 11.9 Å². The van der Waals surface area contributed by atoms with Gasteiger partial charge in [0.2, 0.25) is 0 Å². The first-order chi connectivity index (χ1) is 10.6. The first-order valence-electron chi connectivity index (χ1n) is 7.05. The quantitative estimate of drug-likeness (QED) is 0.838. The van der Waals surface area contributed by atoms with Crippen LogP contribution in [0.15, 0.2) is 11.4 Å². The standard InChI is InChI=1S/C14H15Cl2N3OS2/c15-11-6-10(12(16)22-11)13(20)18-14-17-9(8-21-14)7-19-4-2-1-3-5-19/h6,8H,1-5,7H2,(H,17,18,20). The van der Waals surface area contributed by atoms with Crippen molar-refractivity contribution in [2.45, 2.75) is 25.8 Å². The summed E-state index contributed by atoms with van der Waals surface area (Å²) in [7, 11) is 0. The predicted octanol–water partition coefficient (Wildman–Crippen LogP) is 4.75. The number of nitrogens with one attached hydrogen (secondary N) is 1. The molecule has 0 unspecified atom stereocenters. The molecule has 1 amide bonds. The molecule has 0 aromatic carbocycles. The van der Waals surface area contributed by atoms with Gasteiger partial charge in [-0.3, -0.25) is 15.0 Å². The molecular weight excluding hydrogens is 361 g/mol. The van der Waals surface area contributed by atoms with E-state index < -0.39 is 0 Å². The van der Waals surface area contributed by atoms with Gasteiger partial charge in [-0.1, -0.05) is 29.6 Å². The number of amides is 1. The van der Waals surface area contributed by atoms with E-state index >= 15 is 0 Å². The summed E-state index contributed by atoms with van der Waals surface area (Å²) < 4.78 is 0.896. The van der Waals surface area contributed by atoms with Crippen molar-refractivity contribution >= 4 is 56.9 Å². The molecule has 0 atom stereocenters. The molecule has 0 radical (unpaired) electrons. The third-order valence-electron chi connectivity index (χ3n) is 3.51. The summed E-state index contributed by atoms with van der Waals surface area (Å²) in [5, 5.41) is 5.37. The molecule has 118 valence electrons. The van der Waals surface area contributed by atoms with E-state index in [-0.39, 0.29) is 5.91 Å². The van der Waals surface area contributed by atoms with Gasteiger partial charge in [0.1, 0.15) is 4.34 Å². The van der Waals surface area contributed by atoms with Crippen molar-refractivity contribution in [3.05, 3.63) is 31.4 Å². The van der Waals surface area contributed by atoms with Crippen LogP contribution in [0.3, 0.4) is 0 Å². The number of thiazole rings is 1. The summed E-state index contributed by atoms with van der Waals surface area (Å²) in [6, 6.07) is 1.58. The lowest BCUT2D eigenvalue weighted by atomic mass is 10.1. The van der Waals surface area contributed by atoms with Gasteiger partial charge < -0.3 is 0 Å². The third kappa shape index (κ3) is 4.00. The molecule has 2 aromatic heterocycles. The summed E-state index contributed by atoms with van der Waals surface area (Å²) >= 11 is 14.5. The van der Waals surface area contributed by atoms with Gasteiger partial charge in [-0.25, -0.2) is 4.98 Å². The summed E-state index contributed by atoms with van der Waals surface area (Å²) in [4.78, 5) is 19.0. The number of thiophene rings is 1. The Labute approximate surface area is 147 Å². The summed E-state index contributed by atoms with van der Waals surface area (Å²) in [5.74, 6) is -0.271. The Bertz CT molecular complexity index is 665. The van der Waals surface area contributed by atoms with Gasteiger partial charge >= 0.3 is 0 Å². The van der Waals surface area contributed by atoms with E-state index in [2.05, 4.69) is 15.2 Å². The van der Waals surface area contributed by atoms with Crippen LogP contribution in [0.4, 0.5) is 5.13 Å². The lowest BCUT2D eigenvalue weighted by Gasteiger charge is -2.25. The summed E-state index contributed by atoms with van der Waals surface area (Å²) in [5.41, 5.74) is 1.39. The predicted molar refractivity (Wildman–Crippen MR) is 93.5 cm³/mol. The first kappa shape index (κ1) is 16.2. The zero-order valence-corrected chi connectivity index (χ0v) is 14.9. The van der Waals surface area contributed by atoms with Crippen molar-refractivity contribution in [1.29, 1.82) is 0 Å². The van der Waals surface area contributed by atoms with Gasteiger partial charge in [0.05, 0.1) is 15.6 Å². The maximum Gasteiger partial charge on any atom is 0.259 e. The molecule has 3 rings (SSSR count). The molecule has 1 aliphatic heterocycles. The highest BCUT2D eigenvalue weighted by Gasteiger charge is 2.17. The maximum absolute atomic E-state index is 12.2. The number of rotatable bonds is 4. The number of carbonyl (C=O) groups is 1. The lowest BCUT2D eigenvalue weighted by Crippen LogP contribution is -2.29. The van der Waals surface area contributed by atoms with E-state index in [9.17, 15) is 4.79 Å². The molecule has 22 heavy (non-hydrogen) atoms. The van der Waals surface area contributed by atoms with Crippen LogP contribution in [-0.2, 0) is 6.54 Å². The van der Waals surface area contributed by atoms with Crippen LogP contribution in [0.1, 0.15) is 35.3 Å². The van der Waals surface area contributed by atoms with Crippen LogP contribution >= 0.6 is 45.9 Å².